The molecule has 9 nitrogen and oxygen atoms in total. The molecular weight excluding hydrogens is 344 g/mol. The van der Waals surface area contributed by atoms with E-state index < -0.39 is 22.0 Å². The highest BCUT2D eigenvalue weighted by atomic mass is 32.2. The van der Waals surface area contributed by atoms with Crippen LogP contribution in [0.3, 0.4) is 0 Å². The molecular formula is C12H14N4O5S2. The summed E-state index contributed by atoms with van der Waals surface area (Å²) < 4.78 is 26.5. The van der Waals surface area contributed by atoms with Crippen LogP contribution < -0.4 is 10.0 Å². The third kappa shape index (κ3) is 4.69. The summed E-state index contributed by atoms with van der Waals surface area (Å²) in [6, 6.07) is 2.55. The Morgan fingerprint density at radius 1 is 1.35 bits per heavy atom. The van der Waals surface area contributed by atoms with Crippen molar-refractivity contribution in [2.24, 2.45) is 0 Å². The maximum atomic E-state index is 12.1. The van der Waals surface area contributed by atoms with Gasteiger partial charge in [-0.2, -0.15) is 0 Å². The van der Waals surface area contributed by atoms with Gasteiger partial charge in [0.2, 0.25) is 0 Å². The van der Waals surface area contributed by atoms with Gasteiger partial charge in [-0.25, -0.2) is 18.4 Å². The topological polar surface area (TPSA) is 142 Å². The first-order valence-corrected chi connectivity index (χ1v) is 8.77. The highest BCUT2D eigenvalue weighted by Crippen LogP contribution is 2.18. The van der Waals surface area contributed by atoms with E-state index in [4.69, 9.17) is 5.11 Å². The monoisotopic (exact) mass is 358 g/mol. The molecule has 1 atom stereocenters. The molecule has 2 aromatic rings. The number of nitrogens with zero attached hydrogens (tertiary/aromatic N) is 2. The van der Waals surface area contributed by atoms with Gasteiger partial charge in [0.05, 0.1) is 0 Å². The zero-order valence-corrected chi connectivity index (χ0v) is 13.3. The summed E-state index contributed by atoms with van der Waals surface area (Å²) in [6.45, 7) is -0.332. The highest BCUT2D eigenvalue weighted by Gasteiger charge is 2.18. The lowest BCUT2D eigenvalue weighted by Gasteiger charge is -2.10. The fraction of sp³-hybridized carbons (Fsp3) is 0.250. The molecule has 0 aromatic carbocycles. The summed E-state index contributed by atoms with van der Waals surface area (Å²) >= 11 is 1.14. The van der Waals surface area contributed by atoms with Crippen molar-refractivity contribution in [2.45, 2.75) is 17.4 Å². The van der Waals surface area contributed by atoms with Crippen LogP contribution in [0.25, 0.3) is 0 Å². The van der Waals surface area contributed by atoms with Crippen molar-refractivity contribution in [2.75, 3.05) is 16.6 Å². The number of carbonyl (C=O) groups excluding carboxylic acids is 1. The molecule has 2 rings (SSSR count). The third-order valence-electron chi connectivity index (χ3n) is 2.66. The number of hydrogen-bond donors (Lipinski definition) is 4. The largest absolute Gasteiger partial charge is 0.396 e. The number of hydrogen-bond acceptors (Lipinski definition) is 8. The number of aliphatic hydroxyl groups excluding tert-OH is 2. The minimum atomic E-state index is -3.81. The maximum Gasteiger partial charge on any atom is 0.265 e. The molecule has 0 saturated carbocycles. The minimum absolute atomic E-state index is 0.0835. The van der Waals surface area contributed by atoms with Gasteiger partial charge in [-0.05, 0) is 12.1 Å². The number of aromatic nitrogens is 2. The normalized spacial score (nSPS) is 12.6. The molecule has 124 valence electrons. The number of aliphatic hydroxyl groups is 2. The second kappa shape index (κ2) is 7.46. The van der Waals surface area contributed by atoms with E-state index in [-0.39, 0.29) is 28.9 Å². The van der Waals surface area contributed by atoms with Crippen LogP contribution >= 0.6 is 11.3 Å². The molecule has 0 spiro atoms. The van der Waals surface area contributed by atoms with Crippen LogP contribution in [0.2, 0.25) is 0 Å². The molecule has 0 fully saturated rings. The Balaban J connectivity index is 2.05. The van der Waals surface area contributed by atoms with Crippen molar-refractivity contribution in [3.63, 3.8) is 0 Å². The van der Waals surface area contributed by atoms with Crippen LogP contribution in [0.1, 0.15) is 6.42 Å². The number of nitrogens with one attached hydrogen (secondary N) is 2. The molecule has 0 radical (unpaired) electrons. The molecule has 0 aliphatic heterocycles. The predicted octanol–water partition coefficient (Wildman–Crippen LogP) is 0.0207. The summed E-state index contributed by atoms with van der Waals surface area (Å²) in [6.07, 6.45) is 1.08. The number of anilines is 2. The van der Waals surface area contributed by atoms with E-state index in [1.807, 2.05) is 0 Å². The van der Waals surface area contributed by atoms with Gasteiger partial charge in [0, 0.05) is 30.8 Å². The number of rotatable bonds is 7. The fourth-order valence-electron chi connectivity index (χ4n) is 1.52. The SMILES string of the molecule is O=C(Nc1ccc(S(=O)(=O)Nc2nccs2)cn1)[C@H](O)CCO. The maximum absolute atomic E-state index is 12.1. The Morgan fingerprint density at radius 2 is 2.13 bits per heavy atom. The first-order chi connectivity index (χ1) is 10.9. The molecule has 1 amide bonds. The second-order valence-corrected chi connectivity index (χ2v) is 6.92. The number of thiazole rings is 1. The highest BCUT2D eigenvalue weighted by molar-refractivity contribution is 7.93. The standard InChI is InChI=1S/C12H14N4O5S2/c17-5-3-9(18)11(19)15-10-2-1-8(7-14-10)23(20,21)16-12-13-4-6-22-12/h1-2,4,6-7,9,17-18H,3,5H2,(H,13,16)(H,14,15,19)/t9-/m1/s1. The Kier molecular flexibility index (Phi) is 5.60. The van der Waals surface area contributed by atoms with Crippen LogP contribution in [0.5, 0.6) is 0 Å². The van der Waals surface area contributed by atoms with Gasteiger partial charge in [0.15, 0.2) is 5.13 Å². The van der Waals surface area contributed by atoms with Gasteiger partial charge in [-0.1, -0.05) is 0 Å². The lowest BCUT2D eigenvalue weighted by atomic mass is 10.2. The van der Waals surface area contributed by atoms with Gasteiger partial charge < -0.3 is 15.5 Å². The van der Waals surface area contributed by atoms with Crippen molar-refractivity contribution < 1.29 is 23.4 Å². The lowest BCUT2D eigenvalue weighted by molar-refractivity contribution is -0.124. The first-order valence-electron chi connectivity index (χ1n) is 6.40. The predicted molar refractivity (Wildman–Crippen MR) is 83.5 cm³/mol. The number of pyridine rings is 1. The molecule has 11 heteroatoms. The Hall–Kier alpha value is -2.08. The van der Waals surface area contributed by atoms with E-state index in [2.05, 4.69) is 20.0 Å². The molecule has 0 saturated heterocycles. The van der Waals surface area contributed by atoms with Crippen LogP contribution in [0.4, 0.5) is 10.9 Å². The molecule has 4 N–H and O–H groups in total. The van der Waals surface area contributed by atoms with E-state index >= 15 is 0 Å². The average Bonchev–Trinajstić information content (AvgIpc) is 3.00. The third-order valence-corrected chi connectivity index (χ3v) is 4.80. The van der Waals surface area contributed by atoms with Crippen molar-refractivity contribution in [1.29, 1.82) is 0 Å². The first kappa shape index (κ1) is 17.3. The van der Waals surface area contributed by atoms with Gasteiger partial charge >= 0.3 is 0 Å². The average molecular weight is 358 g/mol. The fourth-order valence-corrected chi connectivity index (χ4v) is 3.26. The zero-order chi connectivity index (χ0) is 16.9. The van der Waals surface area contributed by atoms with Gasteiger partial charge in [-0.3, -0.25) is 9.52 Å². The van der Waals surface area contributed by atoms with Crippen LogP contribution in [-0.4, -0.2) is 47.2 Å². The summed E-state index contributed by atoms with van der Waals surface area (Å²) in [5.74, 6) is -0.650. The van der Waals surface area contributed by atoms with Crippen LogP contribution in [0, 0.1) is 0 Å². The molecule has 0 unspecified atom stereocenters. The van der Waals surface area contributed by atoms with E-state index in [0.29, 0.717) is 0 Å². The Morgan fingerprint density at radius 3 is 2.70 bits per heavy atom. The number of amides is 1. The van der Waals surface area contributed by atoms with Gasteiger partial charge in [-0.15, -0.1) is 11.3 Å². The molecule has 2 heterocycles. The summed E-state index contributed by atoms with van der Waals surface area (Å²) in [5.41, 5.74) is 0. The van der Waals surface area contributed by atoms with Crippen LogP contribution in [0.15, 0.2) is 34.8 Å². The zero-order valence-electron chi connectivity index (χ0n) is 11.7. The Labute approximate surface area is 136 Å². The van der Waals surface area contributed by atoms with E-state index in [1.165, 1.54) is 18.3 Å². The summed E-state index contributed by atoms with van der Waals surface area (Å²) in [7, 11) is -3.81. The van der Waals surface area contributed by atoms with Crippen LogP contribution in [-0.2, 0) is 14.8 Å². The Bertz CT molecular complexity index is 746. The van der Waals surface area contributed by atoms with Gasteiger partial charge in [0.1, 0.15) is 16.8 Å². The lowest BCUT2D eigenvalue weighted by Crippen LogP contribution is -2.28. The second-order valence-electron chi connectivity index (χ2n) is 4.34. The van der Waals surface area contributed by atoms with Crippen molar-refractivity contribution in [1.82, 2.24) is 9.97 Å². The van der Waals surface area contributed by atoms with Crippen molar-refractivity contribution in [3.8, 4) is 0 Å². The van der Waals surface area contributed by atoms with E-state index in [9.17, 15) is 18.3 Å². The van der Waals surface area contributed by atoms with E-state index in [1.54, 1.807) is 5.38 Å². The quantitative estimate of drug-likeness (QED) is 0.546. The summed E-state index contributed by atoms with van der Waals surface area (Å²) in [4.78, 5) is 19.1. The van der Waals surface area contributed by atoms with Crippen molar-refractivity contribution >= 4 is 38.2 Å². The van der Waals surface area contributed by atoms with E-state index in [0.717, 1.165) is 17.5 Å². The molecule has 2 aromatic heterocycles. The molecule has 23 heavy (non-hydrogen) atoms. The van der Waals surface area contributed by atoms with Crippen molar-refractivity contribution in [3.05, 3.63) is 29.9 Å². The molecule has 0 bridgehead atoms. The molecule has 0 aliphatic rings. The molecule has 0 aliphatic carbocycles. The minimum Gasteiger partial charge on any atom is -0.396 e. The van der Waals surface area contributed by atoms with Gasteiger partial charge in [0.25, 0.3) is 15.9 Å². The smallest absolute Gasteiger partial charge is 0.265 e. The number of carbonyl (C=O) groups is 1. The number of sulfonamides is 1. The summed E-state index contributed by atoms with van der Waals surface area (Å²) in [5, 5.41) is 22.2.